The third-order valence-corrected chi connectivity index (χ3v) is 6.16. The van der Waals surface area contributed by atoms with Gasteiger partial charge in [-0.1, -0.05) is 35.5 Å². The number of hydrogen-bond acceptors (Lipinski definition) is 5. The molecule has 0 saturated carbocycles. The molecule has 0 radical (unpaired) electrons. The molecule has 0 aliphatic rings. The lowest BCUT2D eigenvalue weighted by molar-refractivity contribution is -0.137. The first-order valence-electron chi connectivity index (χ1n) is 9.43. The Morgan fingerprint density at radius 3 is 2.50 bits per heavy atom. The van der Waals surface area contributed by atoms with E-state index in [2.05, 4.69) is 15.5 Å². The molecule has 11 heteroatoms. The van der Waals surface area contributed by atoms with Crippen LogP contribution in [0.25, 0.3) is 0 Å². The number of para-hydroxylation sites is 1. The van der Waals surface area contributed by atoms with Crippen LogP contribution < -0.4 is 10.1 Å². The van der Waals surface area contributed by atoms with Gasteiger partial charge in [0.2, 0.25) is 5.91 Å². The molecule has 32 heavy (non-hydrogen) atoms. The number of carbonyl (C=O) groups is 1. The minimum atomic E-state index is -4.56. The Morgan fingerprint density at radius 2 is 1.84 bits per heavy atom. The molecule has 3 rings (SSSR count). The Bertz CT molecular complexity index is 1110. The molecule has 6 nitrogen and oxygen atoms in total. The fourth-order valence-electron chi connectivity index (χ4n) is 2.89. The molecule has 0 unspecified atom stereocenters. The van der Waals surface area contributed by atoms with Crippen LogP contribution in [-0.2, 0) is 24.6 Å². The third-order valence-electron chi connectivity index (χ3n) is 4.54. The molecule has 0 bridgehead atoms. The number of amides is 1. The first-order chi connectivity index (χ1) is 15.1. The summed E-state index contributed by atoms with van der Waals surface area (Å²) in [5.41, 5.74) is 0.610. The normalized spacial score (nSPS) is 11.5. The van der Waals surface area contributed by atoms with Crippen molar-refractivity contribution in [1.29, 1.82) is 0 Å². The van der Waals surface area contributed by atoms with Crippen LogP contribution in [0.2, 0.25) is 5.02 Å². The highest BCUT2D eigenvalue weighted by Crippen LogP contribution is 2.34. The van der Waals surface area contributed by atoms with Gasteiger partial charge in [0.1, 0.15) is 12.4 Å². The Morgan fingerprint density at radius 1 is 1.19 bits per heavy atom. The van der Waals surface area contributed by atoms with Gasteiger partial charge in [-0.15, -0.1) is 10.2 Å². The van der Waals surface area contributed by atoms with Gasteiger partial charge < -0.3 is 14.6 Å². The highest BCUT2D eigenvalue weighted by Gasteiger charge is 2.33. The van der Waals surface area contributed by atoms with Crippen molar-refractivity contribution in [3.63, 3.8) is 0 Å². The zero-order valence-electron chi connectivity index (χ0n) is 17.5. The number of aromatic nitrogens is 3. The van der Waals surface area contributed by atoms with Crippen molar-refractivity contribution in [2.24, 2.45) is 7.05 Å². The van der Waals surface area contributed by atoms with Crippen molar-refractivity contribution in [3.05, 3.63) is 63.9 Å². The molecule has 0 atom stereocenters. The number of nitrogens with one attached hydrogen (secondary N) is 1. The molecule has 0 spiro atoms. The van der Waals surface area contributed by atoms with Gasteiger partial charge in [-0.3, -0.25) is 4.79 Å². The van der Waals surface area contributed by atoms with Crippen LogP contribution in [0.4, 0.5) is 18.9 Å². The number of benzene rings is 2. The molecular formula is C21H20ClF3N4O2S. The summed E-state index contributed by atoms with van der Waals surface area (Å²) < 4.78 is 46.6. The Hall–Kier alpha value is -2.72. The van der Waals surface area contributed by atoms with E-state index in [0.717, 1.165) is 29.0 Å². The Labute approximate surface area is 192 Å². The van der Waals surface area contributed by atoms with E-state index >= 15 is 0 Å². The van der Waals surface area contributed by atoms with Gasteiger partial charge in [0, 0.05) is 12.1 Å². The van der Waals surface area contributed by atoms with E-state index in [1.807, 2.05) is 26.0 Å². The molecule has 0 aliphatic carbocycles. The molecule has 0 fully saturated rings. The summed E-state index contributed by atoms with van der Waals surface area (Å²) in [6.45, 7) is 3.92. The van der Waals surface area contributed by atoms with E-state index in [0.29, 0.717) is 21.8 Å². The number of alkyl halides is 3. The number of hydrogen-bond donors (Lipinski definition) is 1. The van der Waals surface area contributed by atoms with Crippen molar-refractivity contribution < 1.29 is 22.7 Å². The van der Waals surface area contributed by atoms with Crippen molar-refractivity contribution in [1.82, 2.24) is 14.8 Å². The van der Waals surface area contributed by atoms with Crippen LogP contribution in [0.5, 0.6) is 5.75 Å². The summed E-state index contributed by atoms with van der Waals surface area (Å²) in [4.78, 5) is 12.2. The number of halogens is 4. The Kier molecular flexibility index (Phi) is 7.35. The first-order valence-corrected chi connectivity index (χ1v) is 10.8. The van der Waals surface area contributed by atoms with Crippen molar-refractivity contribution in [2.45, 2.75) is 31.8 Å². The minimum absolute atomic E-state index is 0.130. The molecule has 2 aromatic carbocycles. The second-order valence-corrected chi connectivity index (χ2v) is 8.32. The fourth-order valence-corrected chi connectivity index (χ4v) is 3.73. The summed E-state index contributed by atoms with van der Waals surface area (Å²) in [5, 5.41) is 11.5. The highest BCUT2D eigenvalue weighted by atomic mass is 35.5. The molecule has 170 valence electrons. The molecule has 1 heterocycles. The SMILES string of the molecule is Cc1cc(OCc2nnc(SCC(=O)Nc3ccccc3C(F)(F)F)n2C)cc(C)c1Cl. The van der Waals surface area contributed by atoms with Crippen LogP contribution in [0, 0.1) is 13.8 Å². The van der Waals surface area contributed by atoms with Gasteiger partial charge in [0.25, 0.3) is 0 Å². The standard InChI is InChI=1S/C21H20ClF3N4O2S/c1-12-8-14(9-13(2)19(12)22)31-10-17-27-28-20(29(17)3)32-11-18(30)26-16-7-5-4-6-15(16)21(23,24)25/h4-9H,10-11H2,1-3H3,(H,26,30). The second-order valence-electron chi connectivity index (χ2n) is 7.00. The maximum atomic E-state index is 13.1. The Balaban J connectivity index is 1.59. The number of ether oxygens (including phenoxy) is 1. The molecule has 1 amide bonds. The molecule has 1 aromatic heterocycles. The molecular weight excluding hydrogens is 465 g/mol. The van der Waals surface area contributed by atoms with Crippen molar-refractivity contribution >= 4 is 35.0 Å². The van der Waals surface area contributed by atoms with Gasteiger partial charge in [0.05, 0.1) is 17.0 Å². The number of rotatable bonds is 7. The lowest BCUT2D eigenvalue weighted by atomic mass is 10.1. The van der Waals surface area contributed by atoms with E-state index in [4.69, 9.17) is 16.3 Å². The van der Waals surface area contributed by atoms with Crippen LogP contribution in [0.15, 0.2) is 41.6 Å². The van der Waals surface area contributed by atoms with Gasteiger partial charge in [-0.2, -0.15) is 13.2 Å². The highest BCUT2D eigenvalue weighted by molar-refractivity contribution is 7.99. The van der Waals surface area contributed by atoms with Crippen molar-refractivity contribution in [3.8, 4) is 5.75 Å². The predicted molar refractivity (Wildman–Crippen MR) is 117 cm³/mol. The van der Waals surface area contributed by atoms with E-state index < -0.39 is 17.6 Å². The number of nitrogens with zero attached hydrogens (tertiary/aromatic N) is 3. The van der Waals surface area contributed by atoms with E-state index in [-0.39, 0.29) is 18.0 Å². The smallest absolute Gasteiger partial charge is 0.418 e. The van der Waals surface area contributed by atoms with E-state index in [9.17, 15) is 18.0 Å². The van der Waals surface area contributed by atoms with Crippen LogP contribution >= 0.6 is 23.4 Å². The van der Waals surface area contributed by atoms with Crippen LogP contribution in [-0.4, -0.2) is 26.4 Å². The van der Waals surface area contributed by atoms with Gasteiger partial charge in [-0.25, -0.2) is 0 Å². The fraction of sp³-hybridized carbons (Fsp3) is 0.286. The van der Waals surface area contributed by atoms with Gasteiger partial charge >= 0.3 is 6.18 Å². The second kappa shape index (κ2) is 9.83. The zero-order chi connectivity index (χ0) is 23.5. The van der Waals surface area contributed by atoms with Gasteiger partial charge in [0.15, 0.2) is 11.0 Å². The molecule has 3 aromatic rings. The average molecular weight is 485 g/mol. The number of thioether (sulfide) groups is 1. The average Bonchev–Trinajstić information content (AvgIpc) is 3.08. The summed E-state index contributed by atoms with van der Waals surface area (Å²) in [6, 6.07) is 8.47. The number of aryl methyl sites for hydroxylation is 2. The van der Waals surface area contributed by atoms with E-state index in [1.54, 1.807) is 11.6 Å². The lowest BCUT2D eigenvalue weighted by Gasteiger charge is -2.13. The van der Waals surface area contributed by atoms with Crippen LogP contribution in [0.1, 0.15) is 22.5 Å². The molecule has 1 N–H and O–H groups in total. The third kappa shape index (κ3) is 5.74. The van der Waals surface area contributed by atoms with Gasteiger partial charge in [-0.05, 0) is 49.2 Å². The summed E-state index contributed by atoms with van der Waals surface area (Å²) in [5.74, 6) is 0.457. The topological polar surface area (TPSA) is 69.0 Å². The maximum Gasteiger partial charge on any atom is 0.418 e. The van der Waals surface area contributed by atoms with Crippen LogP contribution in [0.3, 0.4) is 0 Å². The zero-order valence-corrected chi connectivity index (χ0v) is 19.0. The predicted octanol–water partition coefficient (Wildman–Crippen LogP) is 5.41. The largest absolute Gasteiger partial charge is 0.486 e. The number of anilines is 1. The molecule has 0 aliphatic heterocycles. The van der Waals surface area contributed by atoms with Crippen molar-refractivity contribution in [2.75, 3.05) is 11.1 Å². The lowest BCUT2D eigenvalue weighted by Crippen LogP contribution is -2.18. The minimum Gasteiger partial charge on any atom is -0.486 e. The maximum absolute atomic E-state index is 13.1. The quantitative estimate of drug-likeness (QED) is 0.454. The first kappa shape index (κ1) is 23.9. The van der Waals surface area contributed by atoms with E-state index in [1.165, 1.54) is 18.2 Å². The molecule has 0 saturated heterocycles. The monoisotopic (exact) mass is 484 g/mol. The summed E-state index contributed by atoms with van der Waals surface area (Å²) in [6.07, 6.45) is -4.56. The number of carbonyl (C=O) groups excluding carboxylic acids is 1. The summed E-state index contributed by atoms with van der Waals surface area (Å²) >= 11 is 7.22. The summed E-state index contributed by atoms with van der Waals surface area (Å²) in [7, 11) is 1.72.